The van der Waals surface area contributed by atoms with Crippen molar-refractivity contribution < 1.29 is 14.1 Å². The van der Waals surface area contributed by atoms with Crippen LogP contribution >= 0.6 is 15.9 Å². The summed E-state index contributed by atoms with van der Waals surface area (Å²) in [5.41, 5.74) is 6.94. The Bertz CT molecular complexity index is 2170. The van der Waals surface area contributed by atoms with Crippen LogP contribution in [0.1, 0.15) is 48.6 Å². The number of halogens is 1. The Labute approximate surface area is 334 Å². The molecular weight excluding hydrogens is 774 g/mol. The molecule has 5 aromatic rings. The fourth-order valence-electron chi connectivity index (χ4n) is 8.72. The molecule has 0 radical (unpaired) electrons. The minimum Gasteiger partial charge on any atom is -0.369 e. The van der Waals surface area contributed by atoms with Gasteiger partial charge < -0.3 is 24.2 Å². The highest BCUT2D eigenvalue weighted by atomic mass is 79.9. The summed E-state index contributed by atoms with van der Waals surface area (Å²) in [6, 6.07) is 14.8. The number of hydrogen-bond donors (Lipinski definition) is 2. The van der Waals surface area contributed by atoms with Gasteiger partial charge in [0.1, 0.15) is 22.9 Å². The van der Waals surface area contributed by atoms with Crippen molar-refractivity contribution in [3.63, 3.8) is 0 Å². The monoisotopic (exact) mass is 821 g/mol. The molecule has 56 heavy (non-hydrogen) atoms. The van der Waals surface area contributed by atoms with Gasteiger partial charge in [-0.1, -0.05) is 11.2 Å². The Morgan fingerprint density at radius 2 is 1.64 bits per heavy atom. The number of nitrogens with zero attached hydrogens (tertiary/aromatic N) is 9. The van der Waals surface area contributed by atoms with Gasteiger partial charge in [-0.25, -0.2) is 15.0 Å². The van der Waals surface area contributed by atoms with Crippen LogP contribution in [-0.4, -0.2) is 119 Å². The van der Waals surface area contributed by atoms with E-state index in [1.54, 1.807) is 0 Å². The van der Waals surface area contributed by atoms with E-state index in [0.717, 1.165) is 134 Å². The molecule has 2 N–H and O–H groups in total. The zero-order valence-electron chi connectivity index (χ0n) is 31.8. The van der Waals surface area contributed by atoms with E-state index in [2.05, 4.69) is 85.1 Å². The molecule has 9 rings (SSSR count). The number of imidazole rings is 1. The fourth-order valence-corrected chi connectivity index (χ4v) is 9.27. The number of anilines is 3. The first kappa shape index (κ1) is 36.8. The van der Waals surface area contributed by atoms with Gasteiger partial charge in [0.2, 0.25) is 11.8 Å². The number of carbonyl (C=O) groups is 2. The number of hydrogen-bond acceptors (Lipinski definition) is 12. The zero-order chi connectivity index (χ0) is 38.2. The number of rotatable bonds is 10. The quantitative estimate of drug-likeness (QED) is 0.184. The largest absolute Gasteiger partial charge is 0.369 e. The van der Waals surface area contributed by atoms with E-state index >= 15 is 0 Å². The molecule has 0 unspecified atom stereocenters. The Morgan fingerprint density at radius 1 is 0.857 bits per heavy atom. The second-order valence-electron chi connectivity index (χ2n) is 15.6. The molecule has 4 fully saturated rings. The SMILES string of the molecule is Cc1cc(CN2CCN(c3c(Br)cnc4nc(-c5ccc(N6CCN(CC[C@H]7CCN(c8ccc([C@@H]9CCC(=O)NC9=O)cn8)C7)CC6)cc5)[nH]c34)CC2)no1. The van der Waals surface area contributed by atoms with Crippen LogP contribution < -0.4 is 20.0 Å². The van der Waals surface area contributed by atoms with Crippen molar-refractivity contribution in [2.45, 2.75) is 45.1 Å². The van der Waals surface area contributed by atoms with Crippen molar-refractivity contribution >= 4 is 56.1 Å². The van der Waals surface area contributed by atoms with Gasteiger partial charge in [0.25, 0.3) is 0 Å². The van der Waals surface area contributed by atoms with E-state index in [9.17, 15) is 9.59 Å². The molecule has 0 bridgehead atoms. The summed E-state index contributed by atoms with van der Waals surface area (Å²) < 4.78 is 6.23. The maximum Gasteiger partial charge on any atom is 0.234 e. The molecule has 2 amide bonds. The molecule has 4 aliphatic heterocycles. The second kappa shape index (κ2) is 15.9. The van der Waals surface area contributed by atoms with Gasteiger partial charge in [-0.2, -0.15) is 0 Å². The fraction of sp³-hybridized carbons (Fsp3) is 0.463. The van der Waals surface area contributed by atoms with Gasteiger partial charge in [-0.3, -0.25) is 24.7 Å². The molecule has 14 nitrogen and oxygen atoms in total. The standard InChI is InChI=1S/C41H48BrN11O3/c1-27-22-31(48-56-27)26-50-16-20-52(21-17-50)38-34(42)24-44-40-37(38)46-39(47-40)29-2-5-32(6-3-29)51-18-14-49(15-19-51)12-10-28-11-13-53(25-28)35-8-4-30(23-43-35)33-7-9-36(54)45-41(33)55/h2-6,8,22-24,28,33H,7,9-21,25-26H2,1H3,(H,44,46,47)(H,45,54,55)/t28-,33-/m0/s1. The molecule has 0 spiro atoms. The average Bonchev–Trinajstić information content (AvgIpc) is 3.98. The van der Waals surface area contributed by atoms with Gasteiger partial charge in [-0.05, 0) is 90.5 Å². The summed E-state index contributed by atoms with van der Waals surface area (Å²) in [5, 5.41) is 6.62. The third-order valence-electron chi connectivity index (χ3n) is 12.0. The smallest absolute Gasteiger partial charge is 0.234 e. The molecule has 0 aliphatic carbocycles. The number of aromatic amines is 1. The van der Waals surface area contributed by atoms with E-state index in [1.807, 2.05) is 37.5 Å². The lowest BCUT2D eigenvalue weighted by atomic mass is 9.92. The molecule has 4 aromatic heterocycles. The third kappa shape index (κ3) is 7.89. The number of carbonyl (C=O) groups excluding carboxylic acids is 2. The maximum atomic E-state index is 12.3. The number of H-pyrrole nitrogens is 1. The molecule has 4 saturated heterocycles. The Balaban J connectivity index is 0.748. The van der Waals surface area contributed by atoms with Crippen LogP contribution in [-0.2, 0) is 16.1 Å². The molecular formula is C41H48BrN11O3. The number of pyridine rings is 2. The van der Waals surface area contributed by atoms with Crippen molar-refractivity contribution in [3.8, 4) is 11.4 Å². The minimum atomic E-state index is -0.293. The number of amides is 2. The van der Waals surface area contributed by atoms with E-state index in [-0.39, 0.29) is 17.7 Å². The van der Waals surface area contributed by atoms with Crippen molar-refractivity contribution in [2.24, 2.45) is 5.92 Å². The summed E-state index contributed by atoms with van der Waals surface area (Å²) in [7, 11) is 0. The highest BCUT2D eigenvalue weighted by molar-refractivity contribution is 9.10. The van der Waals surface area contributed by atoms with Crippen LogP contribution in [0.3, 0.4) is 0 Å². The van der Waals surface area contributed by atoms with Crippen LogP contribution in [0.25, 0.3) is 22.6 Å². The van der Waals surface area contributed by atoms with Crippen molar-refractivity contribution in [1.29, 1.82) is 0 Å². The lowest BCUT2D eigenvalue weighted by Crippen LogP contribution is -2.46. The normalized spacial score (nSPS) is 21.4. The van der Waals surface area contributed by atoms with Gasteiger partial charge in [0.15, 0.2) is 5.65 Å². The van der Waals surface area contributed by atoms with E-state index in [1.165, 1.54) is 18.5 Å². The van der Waals surface area contributed by atoms with Crippen LogP contribution in [0.4, 0.5) is 17.2 Å². The van der Waals surface area contributed by atoms with E-state index in [4.69, 9.17) is 14.5 Å². The van der Waals surface area contributed by atoms with Crippen LogP contribution in [0, 0.1) is 12.8 Å². The number of fused-ring (bicyclic) bond motifs is 1. The van der Waals surface area contributed by atoms with Crippen molar-refractivity contribution in [3.05, 3.63) is 76.3 Å². The molecule has 4 aliphatic rings. The first-order valence-corrected chi connectivity index (χ1v) is 20.7. The van der Waals surface area contributed by atoms with Crippen molar-refractivity contribution in [1.82, 2.24) is 40.2 Å². The number of piperidine rings is 1. The zero-order valence-corrected chi connectivity index (χ0v) is 33.4. The topological polar surface area (TPSA) is 143 Å². The lowest BCUT2D eigenvalue weighted by Gasteiger charge is -2.36. The Kier molecular flexibility index (Phi) is 10.5. The van der Waals surface area contributed by atoms with Crippen LogP contribution in [0.2, 0.25) is 0 Å². The number of aromatic nitrogens is 5. The van der Waals surface area contributed by atoms with Gasteiger partial charge in [0.05, 0.1) is 21.8 Å². The highest BCUT2D eigenvalue weighted by Gasteiger charge is 2.30. The maximum absolute atomic E-state index is 12.3. The molecule has 8 heterocycles. The highest BCUT2D eigenvalue weighted by Crippen LogP contribution is 2.35. The third-order valence-corrected chi connectivity index (χ3v) is 12.5. The first-order chi connectivity index (χ1) is 27.3. The molecule has 2 atom stereocenters. The molecule has 0 saturated carbocycles. The molecule has 1 aromatic carbocycles. The van der Waals surface area contributed by atoms with E-state index in [0.29, 0.717) is 18.8 Å². The number of imide groups is 1. The van der Waals surface area contributed by atoms with Crippen molar-refractivity contribution in [2.75, 3.05) is 86.7 Å². The van der Waals surface area contributed by atoms with Gasteiger partial charge >= 0.3 is 0 Å². The summed E-state index contributed by atoms with van der Waals surface area (Å²) >= 11 is 3.78. The Hall–Kier alpha value is -4.86. The average molecular weight is 823 g/mol. The van der Waals surface area contributed by atoms with Crippen LogP contribution in [0.15, 0.2) is 63.9 Å². The molecule has 15 heteroatoms. The number of aryl methyl sites for hydroxylation is 1. The summed E-state index contributed by atoms with van der Waals surface area (Å²) in [6.07, 6.45) is 6.96. The minimum absolute atomic E-state index is 0.190. The second-order valence-corrected chi connectivity index (χ2v) is 16.5. The molecule has 292 valence electrons. The van der Waals surface area contributed by atoms with E-state index < -0.39 is 0 Å². The summed E-state index contributed by atoms with van der Waals surface area (Å²) in [4.78, 5) is 54.0. The summed E-state index contributed by atoms with van der Waals surface area (Å²) in [5.74, 6) is 2.59. The number of benzene rings is 1. The lowest BCUT2D eigenvalue weighted by molar-refractivity contribution is -0.134. The number of nitrogens with one attached hydrogen (secondary N) is 2. The first-order valence-electron chi connectivity index (χ1n) is 19.9. The predicted octanol–water partition coefficient (Wildman–Crippen LogP) is 4.96. The van der Waals surface area contributed by atoms with Gasteiger partial charge in [-0.15, -0.1) is 0 Å². The predicted molar refractivity (Wildman–Crippen MR) is 219 cm³/mol. The Morgan fingerprint density at radius 3 is 2.38 bits per heavy atom. The summed E-state index contributed by atoms with van der Waals surface area (Å²) in [6.45, 7) is 13.7. The number of piperazine rings is 2. The van der Waals surface area contributed by atoms with Crippen LogP contribution in [0.5, 0.6) is 0 Å². The van der Waals surface area contributed by atoms with Gasteiger partial charge in [0, 0.05) is 108 Å².